The Hall–Kier alpha value is -0.450. The van der Waals surface area contributed by atoms with Crippen LogP contribution in [0.15, 0.2) is 0 Å². The van der Waals surface area contributed by atoms with E-state index in [-0.39, 0.29) is 6.42 Å². The molecule has 0 bridgehead atoms. The molecule has 0 radical (unpaired) electrons. The van der Waals surface area contributed by atoms with E-state index in [2.05, 4.69) is 0 Å². The van der Waals surface area contributed by atoms with E-state index in [9.17, 15) is 4.79 Å². The lowest BCUT2D eigenvalue weighted by Gasteiger charge is -2.04. The first-order valence-electron chi connectivity index (χ1n) is 2.31. The summed E-state index contributed by atoms with van der Waals surface area (Å²) in [6, 6.07) is -0.630. The number of rotatable bonds is 3. The Kier molecular flexibility index (Phi) is 3.34. The number of hydrogen-bond donors (Lipinski definition) is 3. The number of nitrogens with two attached hydrogens (primary N) is 2. The monoisotopic (exact) mass is 118 g/mol. The third kappa shape index (κ3) is 3.73. The van der Waals surface area contributed by atoms with E-state index in [4.69, 9.17) is 16.6 Å². The van der Waals surface area contributed by atoms with Gasteiger partial charge < -0.3 is 21.4 Å². The van der Waals surface area contributed by atoms with Crippen molar-refractivity contribution in [1.29, 1.82) is 0 Å². The molecule has 0 spiro atoms. The highest BCUT2D eigenvalue weighted by Gasteiger charge is 2.02. The van der Waals surface area contributed by atoms with Gasteiger partial charge in [-0.3, -0.25) is 0 Å². The molecule has 48 valence electrons. The third-order valence-corrected chi connectivity index (χ3v) is 0.688. The smallest absolute Gasteiger partial charge is 0.136 e. The molecule has 0 saturated heterocycles. The van der Waals surface area contributed by atoms with Gasteiger partial charge in [0.05, 0.1) is 6.04 Å². The van der Waals surface area contributed by atoms with E-state index >= 15 is 0 Å². The maximum Gasteiger partial charge on any atom is 0.136 e. The number of aldehydes is 1. The molecule has 0 fully saturated rings. The van der Waals surface area contributed by atoms with E-state index in [1.165, 1.54) is 0 Å². The predicted octanol–water partition coefficient (Wildman–Crippen LogP) is -1.82. The molecule has 0 aromatic carbocycles. The minimum absolute atomic E-state index is 0.128. The topological polar surface area (TPSA) is 89.3 Å². The first-order chi connectivity index (χ1) is 3.66. The first kappa shape index (κ1) is 7.55. The van der Waals surface area contributed by atoms with Crippen molar-refractivity contribution in [3.05, 3.63) is 0 Å². The molecule has 8 heavy (non-hydrogen) atoms. The lowest BCUT2D eigenvalue weighted by molar-refractivity contribution is -0.109. The zero-order valence-electron chi connectivity index (χ0n) is 4.45. The Balaban J connectivity index is 3.23. The van der Waals surface area contributed by atoms with Gasteiger partial charge in [-0.2, -0.15) is 0 Å². The fourth-order valence-electron chi connectivity index (χ4n) is 0.334. The molecule has 0 aliphatic rings. The van der Waals surface area contributed by atoms with Crippen LogP contribution in [-0.4, -0.2) is 23.7 Å². The molecule has 4 nitrogen and oxygen atoms in total. The van der Waals surface area contributed by atoms with Gasteiger partial charge in [0.1, 0.15) is 12.5 Å². The summed E-state index contributed by atoms with van der Waals surface area (Å²) < 4.78 is 0. The highest BCUT2D eigenvalue weighted by molar-refractivity contribution is 5.56. The molecule has 4 heteroatoms. The van der Waals surface area contributed by atoms with Crippen LogP contribution >= 0.6 is 0 Å². The maximum atomic E-state index is 9.75. The van der Waals surface area contributed by atoms with E-state index in [0.29, 0.717) is 6.29 Å². The van der Waals surface area contributed by atoms with Gasteiger partial charge in [-0.15, -0.1) is 0 Å². The van der Waals surface area contributed by atoms with Gasteiger partial charge in [0, 0.05) is 6.42 Å². The second kappa shape index (κ2) is 3.54. The van der Waals surface area contributed by atoms with Crippen LogP contribution in [0.25, 0.3) is 0 Å². The average Bonchev–Trinajstić information content (AvgIpc) is 1.65. The Morgan fingerprint density at radius 2 is 2.12 bits per heavy atom. The van der Waals surface area contributed by atoms with Crippen LogP contribution in [0.1, 0.15) is 6.42 Å². The zero-order chi connectivity index (χ0) is 6.57. The third-order valence-electron chi connectivity index (χ3n) is 0.688. The summed E-state index contributed by atoms with van der Waals surface area (Å²) in [4.78, 5) is 9.75. The summed E-state index contributed by atoms with van der Waals surface area (Å²) in [6.45, 7) is 0. The Labute approximate surface area is 47.5 Å². The molecule has 0 amide bonds. The van der Waals surface area contributed by atoms with Crippen molar-refractivity contribution in [3.63, 3.8) is 0 Å². The number of carbonyl (C=O) groups is 1. The molecule has 1 unspecified atom stereocenters. The zero-order valence-corrected chi connectivity index (χ0v) is 4.45. The Bertz CT molecular complexity index is 74.4. The van der Waals surface area contributed by atoms with Gasteiger partial charge >= 0.3 is 0 Å². The molecule has 0 rings (SSSR count). The summed E-state index contributed by atoms with van der Waals surface area (Å²) in [5, 5.41) is 8.39. The van der Waals surface area contributed by atoms with Crippen molar-refractivity contribution in [2.45, 2.75) is 18.7 Å². The molecule has 0 aliphatic carbocycles. The summed E-state index contributed by atoms with van der Waals surface area (Å²) in [5.41, 5.74) is 9.95. The predicted molar refractivity (Wildman–Crippen MR) is 28.9 cm³/mol. The maximum absolute atomic E-state index is 9.75. The van der Waals surface area contributed by atoms with Crippen LogP contribution in [0, 0.1) is 0 Å². The highest BCUT2D eigenvalue weighted by Crippen LogP contribution is 1.84. The number of carbonyl (C=O) groups excluding carboxylic acids is 1. The normalized spacial score (nSPS) is 17.4. The highest BCUT2D eigenvalue weighted by atomic mass is 16.3. The van der Waals surface area contributed by atoms with Crippen molar-refractivity contribution < 1.29 is 9.90 Å². The van der Waals surface area contributed by atoms with Gasteiger partial charge in [-0.05, 0) is 0 Å². The van der Waals surface area contributed by atoms with Gasteiger partial charge in [0.25, 0.3) is 0 Å². The second-order valence-electron chi connectivity index (χ2n) is 1.60. The van der Waals surface area contributed by atoms with E-state index in [1.54, 1.807) is 0 Å². The van der Waals surface area contributed by atoms with Crippen molar-refractivity contribution in [1.82, 2.24) is 0 Å². The molecule has 0 aromatic heterocycles. The lowest BCUT2D eigenvalue weighted by Crippen LogP contribution is -2.31. The standard InChI is InChI=1S/C4H10N2O2/c5-3(2-7)1-4(6)8/h2-4,8H,1,5-6H2/t3-,4?/m0/s1. The summed E-state index contributed by atoms with van der Waals surface area (Å²) in [5.74, 6) is 0. The van der Waals surface area contributed by atoms with E-state index < -0.39 is 12.3 Å². The molecular formula is C4H10N2O2. The largest absolute Gasteiger partial charge is 0.379 e. The molecule has 0 aromatic rings. The van der Waals surface area contributed by atoms with Crippen molar-refractivity contribution >= 4 is 6.29 Å². The number of hydrogen-bond acceptors (Lipinski definition) is 4. The van der Waals surface area contributed by atoms with Crippen LogP contribution in [0.4, 0.5) is 0 Å². The quantitative estimate of drug-likeness (QED) is 0.300. The van der Waals surface area contributed by atoms with Crippen LogP contribution < -0.4 is 11.5 Å². The Morgan fingerprint density at radius 3 is 2.25 bits per heavy atom. The molecule has 0 saturated carbocycles. The van der Waals surface area contributed by atoms with E-state index in [1.807, 2.05) is 0 Å². The van der Waals surface area contributed by atoms with Gasteiger partial charge in [-0.1, -0.05) is 0 Å². The SMILES string of the molecule is NC(O)C[C@H](N)C=O. The average molecular weight is 118 g/mol. The lowest BCUT2D eigenvalue weighted by atomic mass is 10.2. The molecular weight excluding hydrogens is 108 g/mol. The fourth-order valence-corrected chi connectivity index (χ4v) is 0.334. The fraction of sp³-hybridized carbons (Fsp3) is 0.750. The van der Waals surface area contributed by atoms with Gasteiger partial charge in [0.15, 0.2) is 0 Å². The number of aliphatic hydroxyl groups is 1. The summed E-state index contributed by atoms with van der Waals surface area (Å²) in [6.07, 6.45) is -0.297. The van der Waals surface area contributed by atoms with Crippen LogP contribution in [0.5, 0.6) is 0 Å². The van der Waals surface area contributed by atoms with E-state index in [0.717, 1.165) is 0 Å². The molecule has 0 heterocycles. The molecule has 2 atom stereocenters. The first-order valence-corrected chi connectivity index (χ1v) is 2.31. The van der Waals surface area contributed by atoms with Crippen molar-refractivity contribution in [3.8, 4) is 0 Å². The summed E-state index contributed by atoms with van der Waals surface area (Å²) in [7, 11) is 0. The second-order valence-corrected chi connectivity index (χ2v) is 1.60. The minimum Gasteiger partial charge on any atom is -0.379 e. The number of aliphatic hydroxyl groups excluding tert-OH is 1. The van der Waals surface area contributed by atoms with Crippen LogP contribution in [-0.2, 0) is 4.79 Å². The van der Waals surface area contributed by atoms with Crippen molar-refractivity contribution in [2.75, 3.05) is 0 Å². The Morgan fingerprint density at radius 1 is 1.62 bits per heavy atom. The minimum atomic E-state index is -0.977. The van der Waals surface area contributed by atoms with Gasteiger partial charge in [0.2, 0.25) is 0 Å². The molecule has 0 aliphatic heterocycles. The van der Waals surface area contributed by atoms with Crippen LogP contribution in [0.3, 0.4) is 0 Å². The van der Waals surface area contributed by atoms with Crippen LogP contribution in [0.2, 0.25) is 0 Å². The molecule has 5 N–H and O–H groups in total. The van der Waals surface area contributed by atoms with Gasteiger partial charge in [-0.25, -0.2) is 0 Å². The summed E-state index contributed by atoms with van der Waals surface area (Å²) >= 11 is 0. The van der Waals surface area contributed by atoms with Crippen molar-refractivity contribution in [2.24, 2.45) is 11.5 Å².